The monoisotopic (exact) mass is 237 g/mol. The zero-order valence-corrected chi connectivity index (χ0v) is 10.4. The van der Waals surface area contributed by atoms with Crippen molar-refractivity contribution in [1.29, 1.82) is 0 Å². The molecule has 1 aromatic rings. The second-order valence-corrected chi connectivity index (χ2v) is 4.50. The molecule has 4 heteroatoms. The van der Waals surface area contributed by atoms with Crippen LogP contribution < -0.4 is 5.32 Å². The van der Waals surface area contributed by atoms with Crippen molar-refractivity contribution in [3.05, 3.63) is 29.3 Å². The van der Waals surface area contributed by atoms with Crippen molar-refractivity contribution in [2.45, 2.75) is 32.7 Å². The van der Waals surface area contributed by atoms with Crippen LogP contribution in [0.2, 0.25) is 0 Å². The Hall–Kier alpha value is -1.55. The lowest BCUT2D eigenvalue weighted by Crippen LogP contribution is -2.48. The van der Waals surface area contributed by atoms with Gasteiger partial charge in [-0.1, -0.05) is 19.1 Å². The molecule has 0 fully saturated rings. The van der Waals surface area contributed by atoms with Crippen LogP contribution in [0, 0.1) is 6.92 Å². The highest BCUT2D eigenvalue weighted by molar-refractivity contribution is 5.97. The first-order chi connectivity index (χ1) is 7.93. The molecule has 0 saturated carbocycles. The van der Waals surface area contributed by atoms with Gasteiger partial charge >= 0.3 is 0 Å². The van der Waals surface area contributed by atoms with Crippen molar-refractivity contribution in [2.75, 3.05) is 6.61 Å². The number of phenols is 1. The van der Waals surface area contributed by atoms with Gasteiger partial charge in [0, 0.05) is 0 Å². The first-order valence-corrected chi connectivity index (χ1v) is 5.65. The van der Waals surface area contributed by atoms with Gasteiger partial charge in [-0.15, -0.1) is 0 Å². The Kier molecular flexibility index (Phi) is 4.12. The molecule has 0 bridgehead atoms. The Bertz CT molecular complexity index is 411. The highest BCUT2D eigenvalue weighted by Crippen LogP contribution is 2.22. The lowest BCUT2D eigenvalue weighted by atomic mass is 9.99. The standard InChI is InChI=1S/C13H19NO3/c1-4-13(3,8-15)14-12(17)10-7-5-6-9(2)11(10)16/h5-7,15-16H,4,8H2,1-3H3,(H,14,17). The quantitative estimate of drug-likeness (QED) is 0.744. The number of hydrogen-bond donors (Lipinski definition) is 3. The number of aromatic hydroxyl groups is 1. The highest BCUT2D eigenvalue weighted by Gasteiger charge is 2.25. The van der Waals surface area contributed by atoms with Crippen molar-refractivity contribution in [3.63, 3.8) is 0 Å². The molecule has 0 aliphatic rings. The molecule has 0 aliphatic carbocycles. The van der Waals surface area contributed by atoms with Gasteiger partial charge < -0.3 is 15.5 Å². The fourth-order valence-corrected chi connectivity index (χ4v) is 1.42. The topological polar surface area (TPSA) is 69.6 Å². The molecule has 0 spiro atoms. The summed E-state index contributed by atoms with van der Waals surface area (Å²) in [5.41, 5.74) is 0.228. The van der Waals surface area contributed by atoms with Gasteiger partial charge in [-0.05, 0) is 31.9 Å². The van der Waals surface area contributed by atoms with Gasteiger partial charge in [-0.2, -0.15) is 0 Å². The number of aliphatic hydroxyl groups excluding tert-OH is 1. The molecule has 0 aromatic heterocycles. The van der Waals surface area contributed by atoms with Crippen LogP contribution >= 0.6 is 0 Å². The minimum atomic E-state index is -0.659. The van der Waals surface area contributed by atoms with E-state index in [1.165, 1.54) is 0 Å². The Morgan fingerprint density at radius 2 is 2.12 bits per heavy atom. The summed E-state index contributed by atoms with van der Waals surface area (Å²) < 4.78 is 0. The van der Waals surface area contributed by atoms with Crippen molar-refractivity contribution in [2.24, 2.45) is 0 Å². The third-order valence-corrected chi connectivity index (χ3v) is 3.03. The van der Waals surface area contributed by atoms with Gasteiger partial charge in [-0.3, -0.25) is 4.79 Å². The summed E-state index contributed by atoms with van der Waals surface area (Å²) in [4.78, 5) is 12.0. The van der Waals surface area contributed by atoms with Gasteiger partial charge in [0.1, 0.15) is 5.75 Å². The average molecular weight is 237 g/mol. The predicted molar refractivity (Wildman–Crippen MR) is 66.1 cm³/mol. The number of aliphatic hydroxyl groups is 1. The van der Waals surface area contributed by atoms with Gasteiger partial charge in [0.2, 0.25) is 0 Å². The Labute approximate surface area is 101 Å². The van der Waals surface area contributed by atoms with Crippen LogP contribution in [0.3, 0.4) is 0 Å². The number of carbonyl (C=O) groups excluding carboxylic acids is 1. The molecule has 1 aromatic carbocycles. The van der Waals surface area contributed by atoms with E-state index in [9.17, 15) is 15.0 Å². The summed E-state index contributed by atoms with van der Waals surface area (Å²) >= 11 is 0. The number of nitrogens with one attached hydrogen (secondary N) is 1. The molecular weight excluding hydrogens is 218 g/mol. The fraction of sp³-hybridized carbons (Fsp3) is 0.462. The van der Waals surface area contributed by atoms with Crippen LogP contribution in [0.5, 0.6) is 5.75 Å². The maximum atomic E-state index is 12.0. The van der Waals surface area contributed by atoms with Crippen molar-refractivity contribution in [3.8, 4) is 5.75 Å². The summed E-state index contributed by atoms with van der Waals surface area (Å²) in [5, 5.41) is 21.7. The third kappa shape index (κ3) is 2.97. The minimum Gasteiger partial charge on any atom is -0.507 e. The van der Waals surface area contributed by atoms with E-state index in [0.29, 0.717) is 12.0 Å². The van der Waals surface area contributed by atoms with E-state index < -0.39 is 5.54 Å². The number of aryl methyl sites for hydroxylation is 1. The van der Waals surface area contributed by atoms with Crippen molar-refractivity contribution in [1.82, 2.24) is 5.32 Å². The summed E-state index contributed by atoms with van der Waals surface area (Å²) in [6.07, 6.45) is 0.613. The van der Waals surface area contributed by atoms with E-state index in [1.54, 1.807) is 32.0 Å². The zero-order chi connectivity index (χ0) is 13.1. The number of para-hydroxylation sites is 1. The van der Waals surface area contributed by atoms with Crippen LogP contribution in [-0.4, -0.2) is 28.3 Å². The number of carbonyl (C=O) groups is 1. The molecule has 1 atom stereocenters. The van der Waals surface area contributed by atoms with Crippen LogP contribution in [0.15, 0.2) is 18.2 Å². The van der Waals surface area contributed by atoms with Gasteiger partial charge in [-0.25, -0.2) is 0 Å². The van der Waals surface area contributed by atoms with Crippen LogP contribution in [0.1, 0.15) is 36.2 Å². The van der Waals surface area contributed by atoms with E-state index in [1.807, 2.05) is 6.92 Å². The molecule has 1 unspecified atom stereocenters. The predicted octanol–water partition coefficient (Wildman–Crippen LogP) is 1.59. The smallest absolute Gasteiger partial charge is 0.255 e. The lowest BCUT2D eigenvalue weighted by molar-refractivity contribution is 0.0844. The second-order valence-electron chi connectivity index (χ2n) is 4.50. The molecule has 0 saturated heterocycles. The largest absolute Gasteiger partial charge is 0.507 e. The van der Waals surface area contributed by atoms with E-state index in [0.717, 1.165) is 0 Å². The Balaban J connectivity index is 2.94. The Morgan fingerprint density at radius 1 is 1.47 bits per heavy atom. The molecule has 1 rings (SSSR count). The van der Waals surface area contributed by atoms with Crippen LogP contribution in [-0.2, 0) is 0 Å². The van der Waals surface area contributed by atoms with Crippen LogP contribution in [0.4, 0.5) is 0 Å². The van der Waals surface area contributed by atoms with E-state index >= 15 is 0 Å². The minimum absolute atomic E-state index is 0.0126. The molecule has 17 heavy (non-hydrogen) atoms. The molecule has 94 valence electrons. The first kappa shape index (κ1) is 13.5. The molecule has 0 aliphatic heterocycles. The molecular formula is C13H19NO3. The first-order valence-electron chi connectivity index (χ1n) is 5.65. The molecule has 0 heterocycles. The number of benzene rings is 1. The zero-order valence-electron chi connectivity index (χ0n) is 10.4. The summed E-state index contributed by atoms with van der Waals surface area (Å²) in [7, 11) is 0. The number of phenolic OH excluding ortho intramolecular Hbond substituents is 1. The fourth-order valence-electron chi connectivity index (χ4n) is 1.42. The van der Waals surface area contributed by atoms with Gasteiger partial charge in [0.15, 0.2) is 0 Å². The van der Waals surface area contributed by atoms with E-state index in [-0.39, 0.29) is 23.8 Å². The average Bonchev–Trinajstić information content (AvgIpc) is 2.32. The number of rotatable bonds is 4. The third-order valence-electron chi connectivity index (χ3n) is 3.03. The summed E-state index contributed by atoms with van der Waals surface area (Å²) in [6.45, 7) is 5.24. The van der Waals surface area contributed by atoms with E-state index in [2.05, 4.69) is 5.32 Å². The van der Waals surface area contributed by atoms with Gasteiger partial charge in [0.25, 0.3) is 5.91 Å². The Morgan fingerprint density at radius 3 is 2.65 bits per heavy atom. The van der Waals surface area contributed by atoms with Crippen molar-refractivity contribution >= 4 is 5.91 Å². The van der Waals surface area contributed by atoms with E-state index in [4.69, 9.17) is 0 Å². The SMILES string of the molecule is CCC(C)(CO)NC(=O)c1cccc(C)c1O. The maximum Gasteiger partial charge on any atom is 0.255 e. The van der Waals surface area contributed by atoms with Gasteiger partial charge in [0.05, 0.1) is 17.7 Å². The molecule has 3 N–H and O–H groups in total. The molecule has 1 amide bonds. The van der Waals surface area contributed by atoms with Crippen LogP contribution in [0.25, 0.3) is 0 Å². The number of amides is 1. The summed E-state index contributed by atoms with van der Waals surface area (Å²) in [5.74, 6) is -0.383. The second kappa shape index (κ2) is 5.19. The summed E-state index contributed by atoms with van der Waals surface area (Å²) in [6, 6.07) is 5.01. The number of hydrogen-bond acceptors (Lipinski definition) is 3. The maximum absolute atomic E-state index is 12.0. The molecule has 0 radical (unpaired) electrons. The lowest BCUT2D eigenvalue weighted by Gasteiger charge is -2.27. The normalized spacial score (nSPS) is 14.1. The highest BCUT2D eigenvalue weighted by atomic mass is 16.3. The molecule has 4 nitrogen and oxygen atoms in total. The van der Waals surface area contributed by atoms with Crippen molar-refractivity contribution < 1.29 is 15.0 Å².